The van der Waals surface area contributed by atoms with Gasteiger partial charge >= 0.3 is 0 Å². The Balaban J connectivity index is 2.35. The highest BCUT2D eigenvalue weighted by molar-refractivity contribution is 4.85. The first-order valence-corrected chi connectivity index (χ1v) is 4.62. The number of rotatable bonds is 3. The van der Waals surface area contributed by atoms with Crippen LogP contribution in [-0.2, 0) is 0 Å². The van der Waals surface area contributed by atoms with Crippen molar-refractivity contribution in [3.63, 3.8) is 0 Å². The number of hydrogen-bond acceptors (Lipinski definition) is 1. The Morgan fingerprint density at radius 2 is 2.00 bits per heavy atom. The van der Waals surface area contributed by atoms with Gasteiger partial charge in [0, 0.05) is 12.5 Å². The van der Waals surface area contributed by atoms with Crippen LogP contribution in [0.15, 0.2) is 12.7 Å². The van der Waals surface area contributed by atoms with Gasteiger partial charge in [0.1, 0.15) is 0 Å². The molecule has 0 bridgehead atoms. The molecule has 0 spiro atoms. The Morgan fingerprint density at radius 1 is 1.36 bits per heavy atom. The van der Waals surface area contributed by atoms with Crippen molar-refractivity contribution >= 4 is 0 Å². The molecule has 11 heavy (non-hydrogen) atoms. The van der Waals surface area contributed by atoms with Gasteiger partial charge < -0.3 is 5.11 Å². The van der Waals surface area contributed by atoms with Crippen LogP contribution in [0.1, 0.15) is 32.1 Å². The molecule has 1 heteroatoms. The van der Waals surface area contributed by atoms with Crippen molar-refractivity contribution in [3.05, 3.63) is 12.7 Å². The van der Waals surface area contributed by atoms with Gasteiger partial charge in [-0.3, -0.25) is 0 Å². The monoisotopic (exact) mass is 154 g/mol. The molecule has 0 heterocycles. The zero-order valence-corrected chi connectivity index (χ0v) is 7.13. The smallest absolute Gasteiger partial charge is 0.0496 e. The molecule has 1 saturated carbocycles. The predicted octanol–water partition coefficient (Wildman–Crippen LogP) is 2.36. The van der Waals surface area contributed by atoms with Crippen LogP contribution in [0, 0.1) is 11.8 Å². The average molecular weight is 154 g/mol. The molecule has 1 rings (SSSR count). The van der Waals surface area contributed by atoms with E-state index in [-0.39, 0.29) is 6.61 Å². The zero-order valence-electron chi connectivity index (χ0n) is 7.13. The van der Waals surface area contributed by atoms with Gasteiger partial charge in [-0.25, -0.2) is 0 Å². The minimum Gasteiger partial charge on any atom is -0.396 e. The van der Waals surface area contributed by atoms with Crippen LogP contribution >= 0.6 is 0 Å². The van der Waals surface area contributed by atoms with Crippen molar-refractivity contribution in [3.8, 4) is 0 Å². The van der Waals surface area contributed by atoms with Crippen LogP contribution in [0.25, 0.3) is 0 Å². The van der Waals surface area contributed by atoms with Crippen LogP contribution in [-0.4, -0.2) is 11.7 Å². The van der Waals surface area contributed by atoms with Gasteiger partial charge in [0.15, 0.2) is 0 Å². The maximum absolute atomic E-state index is 9.01. The highest BCUT2D eigenvalue weighted by Crippen LogP contribution is 2.30. The Kier molecular flexibility index (Phi) is 3.64. The van der Waals surface area contributed by atoms with E-state index >= 15 is 0 Å². The predicted molar refractivity (Wildman–Crippen MR) is 47.3 cm³/mol. The summed E-state index contributed by atoms with van der Waals surface area (Å²) in [4.78, 5) is 0. The minimum atomic E-state index is 0.286. The molecule has 0 radical (unpaired) electrons. The fraction of sp³-hybridized carbons (Fsp3) is 0.800. The second-order valence-corrected chi connectivity index (χ2v) is 3.48. The van der Waals surface area contributed by atoms with Crippen molar-refractivity contribution in [1.29, 1.82) is 0 Å². The van der Waals surface area contributed by atoms with Crippen molar-refractivity contribution in [2.45, 2.75) is 32.1 Å². The fourth-order valence-electron chi connectivity index (χ4n) is 1.98. The average Bonchev–Trinajstić information content (AvgIpc) is 2.09. The highest BCUT2D eigenvalue weighted by atomic mass is 16.3. The summed E-state index contributed by atoms with van der Waals surface area (Å²) in [5.41, 5.74) is 0. The fourth-order valence-corrected chi connectivity index (χ4v) is 1.98. The van der Waals surface area contributed by atoms with Gasteiger partial charge in [0.2, 0.25) is 0 Å². The molecule has 1 fully saturated rings. The molecule has 1 N–H and O–H groups in total. The first-order valence-electron chi connectivity index (χ1n) is 4.62. The second-order valence-electron chi connectivity index (χ2n) is 3.48. The quantitative estimate of drug-likeness (QED) is 0.619. The van der Waals surface area contributed by atoms with Gasteiger partial charge in [-0.05, 0) is 18.8 Å². The van der Waals surface area contributed by atoms with E-state index in [1.54, 1.807) is 0 Å². The van der Waals surface area contributed by atoms with Gasteiger partial charge in [-0.1, -0.05) is 25.3 Å². The normalized spacial score (nSPS) is 23.0. The molecule has 64 valence electrons. The second kappa shape index (κ2) is 4.55. The van der Waals surface area contributed by atoms with E-state index in [0.29, 0.717) is 11.8 Å². The summed E-state index contributed by atoms with van der Waals surface area (Å²) in [5.74, 6) is 1.07. The molecule has 0 unspecified atom stereocenters. The molecule has 1 aliphatic rings. The standard InChI is InChI=1S/C10H18O/c1-2-9(8-11)10-6-4-3-5-7-10/h2,9-11H,1,3-8H2/t9-/m1/s1. The first kappa shape index (κ1) is 8.79. The van der Waals surface area contributed by atoms with E-state index in [2.05, 4.69) is 6.58 Å². The number of hydrogen-bond donors (Lipinski definition) is 1. The van der Waals surface area contributed by atoms with E-state index in [0.717, 1.165) is 0 Å². The lowest BCUT2D eigenvalue weighted by atomic mass is 9.80. The van der Waals surface area contributed by atoms with Crippen LogP contribution < -0.4 is 0 Å². The van der Waals surface area contributed by atoms with Gasteiger partial charge in [-0.15, -0.1) is 6.58 Å². The topological polar surface area (TPSA) is 20.2 Å². The largest absolute Gasteiger partial charge is 0.396 e. The molecule has 0 aliphatic heterocycles. The molecule has 0 saturated heterocycles. The Morgan fingerprint density at radius 3 is 2.45 bits per heavy atom. The van der Waals surface area contributed by atoms with Gasteiger partial charge in [0.05, 0.1) is 0 Å². The lowest BCUT2D eigenvalue weighted by Gasteiger charge is -2.26. The maximum atomic E-state index is 9.01. The lowest BCUT2D eigenvalue weighted by molar-refractivity contribution is 0.179. The Bertz CT molecular complexity index is 114. The summed E-state index contributed by atoms with van der Waals surface area (Å²) in [6.45, 7) is 4.03. The molecule has 1 nitrogen and oxygen atoms in total. The molecule has 0 aromatic carbocycles. The molecular weight excluding hydrogens is 136 g/mol. The van der Waals surface area contributed by atoms with E-state index in [1.807, 2.05) is 6.08 Å². The van der Waals surface area contributed by atoms with Crippen molar-refractivity contribution in [1.82, 2.24) is 0 Å². The summed E-state index contributed by atoms with van der Waals surface area (Å²) in [6.07, 6.45) is 8.56. The van der Waals surface area contributed by atoms with E-state index in [9.17, 15) is 0 Å². The van der Waals surface area contributed by atoms with E-state index < -0.39 is 0 Å². The summed E-state index contributed by atoms with van der Waals surface area (Å²) in [5, 5.41) is 9.01. The van der Waals surface area contributed by atoms with Gasteiger partial charge in [-0.2, -0.15) is 0 Å². The summed E-state index contributed by atoms with van der Waals surface area (Å²) in [7, 11) is 0. The molecular formula is C10H18O. The Hall–Kier alpha value is -0.300. The van der Waals surface area contributed by atoms with E-state index in [4.69, 9.17) is 5.11 Å². The molecule has 1 atom stereocenters. The number of aliphatic hydroxyl groups is 1. The van der Waals surface area contributed by atoms with E-state index in [1.165, 1.54) is 32.1 Å². The zero-order chi connectivity index (χ0) is 8.10. The summed E-state index contributed by atoms with van der Waals surface area (Å²) < 4.78 is 0. The third-order valence-electron chi connectivity index (χ3n) is 2.77. The van der Waals surface area contributed by atoms with Crippen LogP contribution in [0.4, 0.5) is 0 Å². The minimum absolute atomic E-state index is 0.286. The summed E-state index contributed by atoms with van der Waals surface area (Å²) >= 11 is 0. The van der Waals surface area contributed by atoms with Crippen molar-refractivity contribution in [2.75, 3.05) is 6.61 Å². The molecule has 1 aliphatic carbocycles. The SMILES string of the molecule is C=C[C@H](CO)C1CCCCC1. The third kappa shape index (κ3) is 2.33. The Labute approximate surface area is 69.1 Å². The maximum Gasteiger partial charge on any atom is 0.0496 e. The van der Waals surface area contributed by atoms with Crippen molar-refractivity contribution < 1.29 is 5.11 Å². The lowest BCUT2D eigenvalue weighted by Crippen LogP contribution is -2.18. The summed E-state index contributed by atoms with van der Waals surface area (Å²) in [6, 6.07) is 0. The van der Waals surface area contributed by atoms with Crippen LogP contribution in [0.2, 0.25) is 0 Å². The molecule has 0 aromatic heterocycles. The van der Waals surface area contributed by atoms with Crippen LogP contribution in [0.3, 0.4) is 0 Å². The third-order valence-corrected chi connectivity index (χ3v) is 2.77. The van der Waals surface area contributed by atoms with Crippen LogP contribution in [0.5, 0.6) is 0 Å². The van der Waals surface area contributed by atoms with Gasteiger partial charge in [0.25, 0.3) is 0 Å². The van der Waals surface area contributed by atoms with Crippen molar-refractivity contribution in [2.24, 2.45) is 11.8 Å². The molecule has 0 aromatic rings. The first-order chi connectivity index (χ1) is 5.38. The highest BCUT2D eigenvalue weighted by Gasteiger charge is 2.19. The number of aliphatic hydroxyl groups excluding tert-OH is 1. The molecule has 0 amide bonds.